The van der Waals surface area contributed by atoms with Crippen molar-refractivity contribution in [2.45, 2.75) is 32.7 Å². The van der Waals surface area contributed by atoms with Crippen LogP contribution < -0.4 is 4.74 Å². The second-order valence-electron chi connectivity index (χ2n) is 6.93. The fourth-order valence-electron chi connectivity index (χ4n) is 3.14. The third kappa shape index (κ3) is 4.07. The summed E-state index contributed by atoms with van der Waals surface area (Å²) < 4.78 is 49.2. The van der Waals surface area contributed by atoms with Crippen molar-refractivity contribution in [1.82, 2.24) is 25.2 Å². The maximum atomic E-state index is 12.7. The Kier molecular flexibility index (Phi) is 4.95. The molecule has 0 amide bonds. The Morgan fingerprint density at radius 3 is 2.79 bits per heavy atom. The summed E-state index contributed by atoms with van der Waals surface area (Å²) in [6, 6.07) is 4.10. The molecule has 0 aliphatic carbocycles. The second-order valence-corrected chi connectivity index (χ2v) is 6.93. The van der Waals surface area contributed by atoms with Gasteiger partial charge in [0.05, 0.1) is 11.3 Å². The predicted molar refractivity (Wildman–Crippen MR) is 95.9 cm³/mol. The molecule has 29 heavy (non-hydrogen) atoms. The normalized spacial score (nSPS) is 14.7. The quantitative estimate of drug-likeness (QED) is 0.658. The molecule has 1 aliphatic rings. The summed E-state index contributed by atoms with van der Waals surface area (Å²) in [6.45, 7) is 3.49. The summed E-state index contributed by atoms with van der Waals surface area (Å²) >= 11 is 0. The molecule has 3 aromatic rings. The Labute approximate surface area is 164 Å². The summed E-state index contributed by atoms with van der Waals surface area (Å²) in [5, 5.41) is 12.3. The van der Waals surface area contributed by atoms with E-state index < -0.39 is 11.9 Å². The van der Waals surface area contributed by atoms with Gasteiger partial charge >= 0.3 is 6.18 Å². The third-order valence-electron chi connectivity index (χ3n) is 4.80. The zero-order valence-corrected chi connectivity index (χ0v) is 15.8. The van der Waals surface area contributed by atoms with Gasteiger partial charge in [0.15, 0.2) is 0 Å². The number of hydrogen-bond acceptors (Lipinski definition) is 7. The van der Waals surface area contributed by atoms with Crippen LogP contribution >= 0.6 is 0 Å². The molecule has 0 radical (unpaired) electrons. The third-order valence-corrected chi connectivity index (χ3v) is 4.80. The molecule has 0 bridgehead atoms. The Bertz CT molecular complexity index is 1020. The van der Waals surface area contributed by atoms with Crippen molar-refractivity contribution in [1.29, 1.82) is 0 Å². The lowest BCUT2D eigenvalue weighted by Gasteiger charge is -2.23. The SMILES string of the molecule is Cc1onc(-c2ccc(C(F)(F)F)nc2)c1COc1cc2c(nn1)CN(C)CC2. The van der Waals surface area contributed by atoms with Crippen molar-refractivity contribution < 1.29 is 22.4 Å². The van der Waals surface area contributed by atoms with Crippen molar-refractivity contribution in [3.05, 3.63) is 52.7 Å². The topological polar surface area (TPSA) is 77.2 Å². The molecule has 0 spiro atoms. The van der Waals surface area contributed by atoms with Crippen LogP contribution in [-0.4, -0.2) is 38.8 Å². The van der Waals surface area contributed by atoms with Gasteiger partial charge in [-0.25, -0.2) is 0 Å². The largest absolute Gasteiger partial charge is 0.471 e. The van der Waals surface area contributed by atoms with Crippen LogP contribution in [0.4, 0.5) is 13.2 Å². The van der Waals surface area contributed by atoms with E-state index in [1.54, 1.807) is 6.92 Å². The average molecular weight is 405 g/mol. The van der Waals surface area contributed by atoms with Crippen molar-refractivity contribution in [3.8, 4) is 17.1 Å². The Morgan fingerprint density at radius 1 is 1.24 bits per heavy atom. The van der Waals surface area contributed by atoms with Gasteiger partial charge in [0.2, 0.25) is 5.88 Å². The molecule has 152 valence electrons. The van der Waals surface area contributed by atoms with E-state index in [1.165, 1.54) is 6.07 Å². The van der Waals surface area contributed by atoms with E-state index in [0.29, 0.717) is 28.5 Å². The highest BCUT2D eigenvalue weighted by Crippen LogP contribution is 2.31. The van der Waals surface area contributed by atoms with Gasteiger partial charge in [-0.3, -0.25) is 4.98 Å². The lowest BCUT2D eigenvalue weighted by molar-refractivity contribution is -0.141. The minimum Gasteiger partial charge on any atom is -0.471 e. The zero-order chi connectivity index (χ0) is 20.6. The second kappa shape index (κ2) is 7.43. The maximum Gasteiger partial charge on any atom is 0.433 e. The van der Waals surface area contributed by atoms with Gasteiger partial charge in [0.25, 0.3) is 0 Å². The molecule has 0 aromatic carbocycles. The van der Waals surface area contributed by atoms with Crippen LogP contribution in [0.3, 0.4) is 0 Å². The predicted octanol–water partition coefficient (Wildman–Crippen LogP) is 3.42. The molecule has 3 aromatic heterocycles. The van der Waals surface area contributed by atoms with Gasteiger partial charge in [-0.1, -0.05) is 5.16 Å². The molecule has 0 unspecified atom stereocenters. The lowest BCUT2D eigenvalue weighted by Crippen LogP contribution is -2.27. The van der Waals surface area contributed by atoms with Crippen molar-refractivity contribution >= 4 is 0 Å². The average Bonchev–Trinajstić information content (AvgIpc) is 3.06. The van der Waals surface area contributed by atoms with Crippen molar-refractivity contribution in [2.75, 3.05) is 13.6 Å². The number of nitrogens with zero attached hydrogens (tertiary/aromatic N) is 5. The summed E-state index contributed by atoms with van der Waals surface area (Å²) in [5.41, 5.74) is 2.48. The molecule has 0 fully saturated rings. The molecule has 0 saturated heterocycles. The number of alkyl halides is 3. The molecule has 7 nitrogen and oxygen atoms in total. The molecule has 0 N–H and O–H groups in total. The number of rotatable bonds is 4. The van der Waals surface area contributed by atoms with Gasteiger partial charge in [-0.15, -0.1) is 5.10 Å². The molecule has 10 heteroatoms. The van der Waals surface area contributed by atoms with Gasteiger partial charge in [-0.2, -0.15) is 18.3 Å². The number of halogens is 3. The van der Waals surface area contributed by atoms with Crippen molar-refractivity contribution in [3.63, 3.8) is 0 Å². The van der Waals surface area contributed by atoms with Crippen LogP contribution in [0.25, 0.3) is 11.3 Å². The first-order valence-electron chi connectivity index (χ1n) is 8.97. The van der Waals surface area contributed by atoms with E-state index in [4.69, 9.17) is 9.26 Å². The first-order valence-corrected chi connectivity index (χ1v) is 8.97. The van der Waals surface area contributed by atoms with Crippen LogP contribution in [0.5, 0.6) is 5.88 Å². The molecular formula is C19H18F3N5O2. The van der Waals surface area contributed by atoms with Gasteiger partial charge < -0.3 is 14.2 Å². The maximum absolute atomic E-state index is 12.7. The van der Waals surface area contributed by atoms with Gasteiger partial charge in [-0.05, 0) is 38.1 Å². The van der Waals surface area contributed by atoms with E-state index >= 15 is 0 Å². The standard InChI is InChI=1S/C19H18F3N5O2/c1-11-14(10-28-17-7-12-5-6-27(2)9-15(12)24-25-17)18(26-29-11)13-3-4-16(23-8-13)19(20,21)22/h3-4,7-8H,5-6,9-10H2,1-2H3. The number of hydrogen-bond donors (Lipinski definition) is 0. The van der Waals surface area contributed by atoms with Crippen molar-refractivity contribution in [2.24, 2.45) is 0 Å². The number of aromatic nitrogens is 4. The fourth-order valence-corrected chi connectivity index (χ4v) is 3.14. The van der Waals surface area contributed by atoms with E-state index in [-0.39, 0.29) is 6.61 Å². The van der Waals surface area contributed by atoms with Gasteiger partial charge in [0.1, 0.15) is 23.8 Å². The summed E-state index contributed by atoms with van der Waals surface area (Å²) in [5.74, 6) is 0.887. The van der Waals surface area contributed by atoms with Crippen LogP contribution in [0.1, 0.15) is 28.3 Å². The fraction of sp³-hybridized carbons (Fsp3) is 0.368. The van der Waals surface area contributed by atoms with E-state index in [2.05, 4.69) is 25.2 Å². The molecule has 1 aliphatic heterocycles. The Hall–Kier alpha value is -3.01. The monoisotopic (exact) mass is 405 g/mol. The number of pyridine rings is 1. The molecule has 4 heterocycles. The number of ether oxygens (including phenoxy) is 1. The highest BCUT2D eigenvalue weighted by molar-refractivity contribution is 5.62. The van der Waals surface area contributed by atoms with E-state index in [1.807, 2.05) is 13.1 Å². The highest BCUT2D eigenvalue weighted by atomic mass is 19.4. The summed E-state index contributed by atoms with van der Waals surface area (Å²) in [6.07, 6.45) is -2.50. The van der Waals surface area contributed by atoms with Gasteiger partial charge in [0, 0.05) is 30.9 Å². The zero-order valence-electron chi connectivity index (χ0n) is 15.8. The van der Waals surface area contributed by atoms with Crippen LogP contribution in [0.2, 0.25) is 0 Å². The molecule has 0 atom stereocenters. The van der Waals surface area contributed by atoms with E-state index in [0.717, 1.165) is 43.0 Å². The molecular weight excluding hydrogens is 387 g/mol. The number of likely N-dealkylation sites (N-methyl/N-ethyl adjacent to an activating group) is 1. The molecule has 0 saturated carbocycles. The number of fused-ring (bicyclic) bond motifs is 1. The van der Waals surface area contributed by atoms with Crippen LogP contribution in [-0.2, 0) is 25.7 Å². The lowest BCUT2D eigenvalue weighted by atomic mass is 10.1. The first-order chi connectivity index (χ1) is 13.8. The molecule has 4 rings (SSSR count). The first kappa shape index (κ1) is 19.3. The Balaban J connectivity index is 1.53. The van der Waals surface area contributed by atoms with Crippen LogP contribution in [0.15, 0.2) is 28.9 Å². The summed E-state index contributed by atoms with van der Waals surface area (Å²) in [4.78, 5) is 5.64. The highest BCUT2D eigenvalue weighted by Gasteiger charge is 2.32. The minimum absolute atomic E-state index is 0.0963. The van der Waals surface area contributed by atoms with Crippen LogP contribution in [0, 0.1) is 6.92 Å². The number of aryl methyl sites for hydroxylation is 1. The smallest absolute Gasteiger partial charge is 0.433 e. The minimum atomic E-state index is -4.50. The summed E-state index contributed by atoms with van der Waals surface area (Å²) in [7, 11) is 2.03. The van der Waals surface area contributed by atoms with E-state index in [9.17, 15) is 13.2 Å². The Morgan fingerprint density at radius 2 is 2.07 bits per heavy atom.